The van der Waals surface area contributed by atoms with Crippen molar-refractivity contribution in [3.8, 4) is 0 Å². The van der Waals surface area contributed by atoms with Crippen molar-refractivity contribution in [3.63, 3.8) is 0 Å². The first-order valence-corrected chi connectivity index (χ1v) is 13.1. The summed E-state index contributed by atoms with van der Waals surface area (Å²) < 4.78 is 35.2. The Balaban J connectivity index is 2.41. The van der Waals surface area contributed by atoms with E-state index in [1.807, 2.05) is 19.9 Å². The molecule has 1 saturated carbocycles. The second kappa shape index (κ2) is 11.6. The van der Waals surface area contributed by atoms with Crippen LogP contribution in [0.15, 0.2) is 36.0 Å². The van der Waals surface area contributed by atoms with Gasteiger partial charge >= 0.3 is 23.9 Å². The van der Waals surface area contributed by atoms with Gasteiger partial charge in [0.1, 0.15) is 11.5 Å². The predicted octanol–water partition coefficient (Wildman–Crippen LogP) is 3.78. The fraction of sp³-hybridized carbons (Fsp3) is 0.655. The molecule has 1 saturated heterocycles. The number of ether oxygens (including phenoxy) is 6. The SMILES string of the molecule is C=C/C(C)=C\C[C@]1(C)[C@H](C)[C@@H](OC(C)=O)[C@H](OC(C)=O)C23C(=C[C@H](OC)C[C@H]21)[C@@H](OC(C)=O)O[C@H]3OC(C)=O. The molecule has 1 heterocycles. The third-order valence-corrected chi connectivity index (χ3v) is 8.53. The third kappa shape index (κ3) is 5.54. The van der Waals surface area contributed by atoms with Crippen LogP contribution in [-0.2, 0) is 47.6 Å². The van der Waals surface area contributed by atoms with Gasteiger partial charge in [0.2, 0.25) is 12.6 Å². The van der Waals surface area contributed by atoms with Crippen LogP contribution in [0, 0.1) is 22.7 Å². The molecular formula is C29H40O10. The Labute approximate surface area is 229 Å². The Morgan fingerprint density at radius 2 is 1.59 bits per heavy atom. The van der Waals surface area contributed by atoms with E-state index in [0.717, 1.165) is 5.57 Å². The van der Waals surface area contributed by atoms with Crippen molar-refractivity contribution in [1.29, 1.82) is 0 Å². The molecule has 0 aromatic carbocycles. The van der Waals surface area contributed by atoms with E-state index in [-0.39, 0.29) is 5.92 Å². The minimum atomic E-state index is -1.36. The Morgan fingerprint density at radius 3 is 2.10 bits per heavy atom. The Hall–Kier alpha value is -2.98. The lowest BCUT2D eigenvalue weighted by atomic mass is 9.44. The topological polar surface area (TPSA) is 124 Å². The van der Waals surface area contributed by atoms with Gasteiger partial charge in [0.05, 0.1) is 6.10 Å². The Morgan fingerprint density at radius 1 is 1.00 bits per heavy atom. The lowest BCUT2D eigenvalue weighted by Gasteiger charge is -2.62. The van der Waals surface area contributed by atoms with E-state index in [4.69, 9.17) is 28.4 Å². The molecule has 3 aliphatic rings. The summed E-state index contributed by atoms with van der Waals surface area (Å²) in [6, 6.07) is 0. The molecule has 0 N–H and O–H groups in total. The first-order chi connectivity index (χ1) is 18.2. The van der Waals surface area contributed by atoms with Crippen LogP contribution < -0.4 is 0 Å². The number of allylic oxidation sites excluding steroid dienone is 3. The zero-order valence-electron chi connectivity index (χ0n) is 24.0. The number of esters is 4. The van der Waals surface area contributed by atoms with E-state index >= 15 is 0 Å². The molecule has 0 radical (unpaired) electrons. The molecule has 9 atom stereocenters. The van der Waals surface area contributed by atoms with Crippen molar-refractivity contribution in [2.75, 3.05) is 7.11 Å². The molecule has 2 fully saturated rings. The number of hydrogen-bond acceptors (Lipinski definition) is 10. The normalized spacial score (nSPS) is 37.5. The summed E-state index contributed by atoms with van der Waals surface area (Å²) in [5.74, 6) is -3.17. The highest BCUT2D eigenvalue weighted by molar-refractivity contribution is 5.69. The molecule has 10 heteroatoms. The van der Waals surface area contributed by atoms with Crippen LogP contribution in [0.3, 0.4) is 0 Å². The summed E-state index contributed by atoms with van der Waals surface area (Å²) in [5, 5.41) is 0. The summed E-state index contributed by atoms with van der Waals surface area (Å²) in [4.78, 5) is 49.5. The maximum atomic E-state index is 12.6. The average molecular weight is 549 g/mol. The number of hydrogen-bond donors (Lipinski definition) is 0. The van der Waals surface area contributed by atoms with Gasteiger partial charge in [-0.2, -0.15) is 0 Å². The van der Waals surface area contributed by atoms with Crippen LogP contribution in [0.1, 0.15) is 61.3 Å². The summed E-state index contributed by atoms with van der Waals surface area (Å²) in [5.41, 5.74) is -0.595. The van der Waals surface area contributed by atoms with Crippen LogP contribution in [0.4, 0.5) is 0 Å². The molecule has 1 aliphatic heterocycles. The first kappa shape index (κ1) is 30.6. The van der Waals surface area contributed by atoms with Crippen LogP contribution in [-0.4, -0.2) is 61.9 Å². The molecule has 1 spiro atoms. The van der Waals surface area contributed by atoms with E-state index in [9.17, 15) is 19.2 Å². The fourth-order valence-corrected chi connectivity index (χ4v) is 6.63. The van der Waals surface area contributed by atoms with Crippen LogP contribution >= 0.6 is 0 Å². The summed E-state index contributed by atoms with van der Waals surface area (Å²) in [7, 11) is 1.57. The van der Waals surface area contributed by atoms with Crippen LogP contribution in [0.5, 0.6) is 0 Å². The molecule has 3 rings (SSSR count). The van der Waals surface area contributed by atoms with Crippen LogP contribution in [0.2, 0.25) is 0 Å². The van der Waals surface area contributed by atoms with Crippen LogP contribution in [0.25, 0.3) is 0 Å². The molecule has 0 aromatic rings. The predicted molar refractivity (Wildman–Crippen MR) is 139 cm³/mol. The fourth-order valence-electron chi connectivity index (χ4n) is 6.63. The van der Waals surface area contributed by atoms with E-state index in [2.05, 4.69) is 13.5 Å². The molecule has 10 nitrogen and oxygen atoms in total. The van der Waals surface area contributed by atoms with Crippen molar-refractivity contribution in [1.82, 2.24) is 0 Å². The van der Waals surface area contributed by atoms with Crippen molar-refractivity contribution in [2.24, 2.45) is 22.7 Å². The highest BCUT2D eigenvalue weighted by Gasteiger charge is 2.75. The highest BCUT2D eigenvalue weighted by Crippen LogP contribution is 2.68. The number of methoxy groups -OCH3 is 1. The van der Waals surface area contributed by atoms with E-state index in [1.54, 1.807) is 19.3 Å². The molecule has 0 aromatic heterocycles. The molecule has 0 amide bonds. The summed E-state index contributed by atoms with van der Waals surface area (Å²) in [6.45, 7) is 14.8. The first-order valence-electron chi connectivity index (χ1n) is 13.1. The van der Waals surface area contributed by atoms with Gasteiger partial charge in [-0.25, -0.2) is 0 Å². The molecular weight excluding hydrogens is 508 g/mol. The number of carbonyl (C=O) groups is 4. The maximum Gasteiger partial charge on any atom is 0.305 e. The van der Waals surface area contributed by atoms with Crippen molar-refractivity contribution >= 4 is 23.9 Å². The largest absolute Gasteiger partial charge is 0.458 e. The smallest absolute Gasteiger partial charge is 0.305 e. The van der Waals surface area contributed by atoms with Crippen molar-refractivity contribution in [2.45, 2.75) is 92.2 Å². The lowest BCUT2D eigenvalue weighted by Crippen LogP contribution is -2.69. The van der Waals surface area contributed by atoms with Gasteiger partial charge < -0.3 is 23.7 Å². The second-order valence-corrected chi connectivity index (χ2v) is 10.9. The third-order valence-electron chi connectivity index (χ3n) is 8.53. The zero-order chi connectivity index (χ0) is 29.3. The lowest BCUT2D eigenvalue weighted by molar-refractivity contribution is -0.279. The van der Waals surface area contributed by atoms with Gasteiger partial charge in [-0.3, -0.25) is 23.9 Å². The quantitative estimate of drug-likeness (QED) is 0.192. The molecule has 1 unspecified atom stereocenters. The molecule has 0 bridgehead atoms. The summed E-state index contributed by atoms with van der Waals surface area (Å²) in [6.07, 6.45) is 1.52. The van der Waals surface area contributed by atoms with Gasteiger partial charge in [0.25, 0.3) is 0 Å². The Bertz CT molecular complexity index is 1080. The zero-order valence-corrected chi connectivity index (χ0v) is 24.0. The van der Waals surface area contributed by atoms with Gasteiger partial charge in [0.15, 0.2) is 6.10 Å². The Kier molecular flexibility index (Phi) is 9.12. The summed E-state index contributed by atoms with van der Waals surface area (Å²) >= 11 is 0. The monoisotopic (exact) mass is 548 g/mol. The van der Waals surface area contributed by atoms with Gasteiger partial charge in [0, 0.05) is 46.3 Å². The second-order valence-electron chi connectivity index (χ2n) is 10.9. The average Bonchev–Trinajstić information content (AvgIpc) is 3.14. The van der Waals surface area contributed by atoms with Crippen molar-refractivity contribution in [3.05, 3.63) is 36.0 Å². The minimum Gasteiger partial charge on any atom is -0.458 e. The molecule has 39 heavy (non-hydrogen) atoms. The van der Waals surface area contributed by atoms with E-state index in [1.165, 1.54) is 27.7 Å². The molecule has 2 aliphatic carbocycles. The van der Waals surface area contributed by atoms with Gasteiger partial charge in [-0.1, -0.05) is 38.2 Å². The minimum absolute atomic E-state index is 0.335. The van der Waals surface area contributed by atoms with E-state index < -0.39 is 71.5 Å². The standard InChI is InChI=1S/C29H40O10/c1-10-15(2)11-12-28(8)16(3)24(35-17(4)30)25(36-18(5)31)29-22(13-21(34-9)14-23(28)29)26(37-19(6)32)39-27(29)38-20(7)33/h10-11,13,16,21,23-27H,1,12,14H2,2-9H3/b15-11-/t16-,21+,23+,24-,25+,26+,27-,28-,29?/m1/s1. The van der Waals surface area contributed by atoms with Crippen molar-refractivity contribution < 1.29 is 47.6 Å². The van der Waals surface area contributed by atoms with E-state index in [0.29, 0.717) is 18.4 Å². The van der Waals surface area contributed by atoms with Gasteiger partial charge in [-0.05, 0) is 37.2 Å². The number of carbonyl (C=O) groups excluding carboxylic acids is 4. The van der Waals surface area contributed by atoms with Gasteiger partial charge in [-0.15, -0.1) is 0 Å². The highest BCUT2D eigenvalue weighted by atomic mass is 16.8. The number of rotatable bonds is 8. The maximum absolute atomic E-state index is 12.6. The molecule has 216 valence electrons.